The Labute approximate surface area is 199 Å². The monoisotopic (exact) mass is 472 g/mol. The summed E-state index contributed by atoms with van der Waals surface area (Å²) in [6.45, 7) is 3.42. The van der Waals surface area contributed by atoms with Gasteiger partial charge in [-0.05, 0) is 69.9 Å². The first-order chi connectivity index (χ1) is 15.8. The summed E-state index contributed by atoms with van der Waals surface area (Å²) in [4.78, 5) is 29.6. The highest BCUT2D eigenvalue weighted by atomic mass is 35.5. The van der Waals surface area contributed by atoms with E-state index in [1.54, 1.807) is 43.5 Å². The maximum absolute atomic E-state index is 13.1. The Morgan fingerprint density at radius 2 is 1.85 bits per heavy atom. The third-order valence-electron chi connectivity index (χ3n) is 5.48. The molecule has 1 heterocycles. The van der Waals surface area contributed by atoms with E-state index in [0.717, 1.165) is 6.54 Å². The second kappa shape index (κ2) is 10.7. The molecule has 1 aliphatic rings. The molecule has 1 amide bonds. The largest absolute Gasteiger partial charge is 0.507 e. The molecular formula is C25H29ClN2O5. The number of hydrogen-bond donors (Lipinski definition) is 1. The zero-order valence-electron chi connectivity index (χ0n) is 19.3. The number of ether oxygens (including phenoxy) is 2. The number of ketones is 1. The number of Topliss-reactive ketones (excluding diaryl/α,β-unsaturated/α-hetero) is 1. The summed E-state index contributed by atoms with van der Waals surface area (Å²) in [5.41, 5.74) is 1.09. The first-order valence-electron chi connectivity index (χ1n) is 10.8. The first-order valence-corrected chi connectivity index (χ1v) is 11.2. The van der Waals surface area contributed by atoms with Crippen LogP contribution in [0.2, 0.25) is 5.02 Å². The average molecular weight is 473 g/mol. The number of aliphatic hydroxyl groups excluding tert-OH is 1. The van der Waals surface area contributed by atoms with Crippen LogP contribution in [0.25, 0.3) is 5.76 Å². The molecule has 0 aromatic heterocycles. The van der Waals surface area contributed by atoms with Crippen LogP contribution in [0.1, 0.15) is 30.5 Å². The van der Waals surface area contributed by atoms with Crippen LogP contribution in [0, 0.1) is 0 Å². The Balaban J connectivity index is 2.08. The third-order valence-corrected chi connectivity index (χ3v) is 5.78. The van der Waals surface area contributed by atoms with E-state index in [-0.39, 0.29) is 11.3 Å². The van der Waals surface area contributed by atoms with Crippen LogP contribution in [0.4, 0.5) is 0 Å². The summed E-state index contributed by atoms with van der Waals surface area (Å²) < 4.78 is 10.7. The lowest BCUT2D eigenvalue weighted by Crippen LogP contribution is -2.32. The number of likely N-dealkylation sites (tertiary alicyclic amines) is 1. The summed E-state index contributed by atoms with van der Waals surface area (Å²) >= 11 is 6.30. The number of hydrogen-bond acceptors (Lipinski definition) is 6. The van der Waals surface area contributed by atoms with Crippen LogP contribution in [-0.2, 0) is 9.59 Å². The molecule has 1 saturated heterocycles. The van der Waals surface area contributed by atoms with Gasteiger partial charge in [-0.1, -0.05) is 23.7 Å². The summed E-state index contributed by atoms with van der Waals surface area (Å²) in [6, 6.07) is 11.2. The molecule has 7 nitrogen and oxygen atoms in total. The van der Waals surface area contributed by atoms with Crippen LogP contribution in [0.5, 0.6) is 11.5 Å². The fraction of sp³-hybridized carbons (Fsp3) is 0.360. The summed E-state index contributed by atoms with van der Waals surface area (Å²) in [5, 5.41) is 11.5. The van der Waals surface area contributed by atoms with E-state index in [9.17, 15) is 14.7 Å². The highest BCUT2D eigenvalue weighted by molar-refractivity contribution is 6.46. The third kappa shape index (κ3) is 5.31. The molecule has 1 aliphatic heterocycles. The molecule has 0 spiro atoms. The molecular weight excluding hydrogens is 444 g/mol. The number of nitrogens with zero attached hydrogens (tertiary/aromatic N) is 2. The smallest absolute Gasteiger partial charge is 0.295 e. The van der Waals surface area contributed by atoms with Crippen molar-refractivity contribution in [2.75, 3.05) is 40.9 Å². The number of aliphatic hydroxyl groups is 1. The average Bonchev–Trinajstić information content (AvgIpc) is 3.05. The van der Waals surface area contributed by atoms with Gasteiger partial charge in [0.25, 0.3) is 11.7 Å². The molecule has 33 heavy (non-hydrogen) atoms. The fourth-order valence-corrected chi connectivity index (χ4v) is 4.11. The lowest BCUT2D eigenvalue weighted by atomic mass is 9.95. The molecule has 0 unspecified atom stereocenters. The molecule has 0 radical (unpaired) electrons. The minimum atomic E-state index is -0.719. The molecule has 1 atom stereocenters. The van der Waals surface area contributed by atoms with Crippen molar-refractivity contribution in [3.63, 3.8) is 0 Å². The van der Waals surface area contributed by atoms with Crippen LogP contribution in [0.3, 0.4) is 0 Å². The Morgan fingerprint density at radius 3 is 2.42 bits per heavy atom. The molecule has 2 aromatic rings. The molecule has 3 rings (SSSR count). The predicted octanol–water partition coefficient (Wildman–Crippen LogP) is 4.12. The maximum Gasteiger partial charge on any atom is 0.295 e. The number of carbonyl (C=O) groups excluding carboxylic acids is 2. The van der Waals surface area contributed by atoms with Crippen molar-refractivity contribution in [3.05, 3.63) is 64.2 Å². The number of halogens is 1. The molecule has 1 N–H and O–H groups in total. The molecule has 176 valence electrons. The highest BCUT2D eigenvalue weighted by Gasteiger charge is 2.45. The zero-order chi connectivity index (χ0) is 24.1. The van der Waals surface area contributed by atoms with E-state index in [1.807, 2.05) is 25.9 Å². The topological polar surface area (TPSA) is 79.3 Å². The van der Waals surface area contributed by atoms with Crippen LogP contribution < -0.4 is 9.47 Å². The van der Waals surface area contributed by atoms with E-state index < -0.39 is 17.7 Å². The van der Waals surface area contributed by atoms with Gasteiger partial charge in [-0.3, -0.25) is 9.59 Å². The van der Waals surface area contributed by atoms with Gasteiger partial charge in [-0.15, -0.1) is 0 Å². The van der Waals surface area contributed by atoms with Crippen molar-refractivity contribution in [2.24, 2.45) is 0 Å². The number of rotatable bonds is 9. The maximum atomic E-state index is 13.1. The minimum Gasteiger partial charge on any atom is -0.507 e. The molecule has 0 bridgehead atoms. The minimum absolute atomic E-state index is 0.0373. The van der Waals surface area contributed by atoms with E-state index in [1.165, 1.54) is 11.0 Å². The van der Waals surface area contributed by atoms with E-state index in [4.69, 9.17) is 21.1 Å². The number of carbonyl (C=O) groups is 2. The van der Waals surface area contributed by atoms with Crippen LogP contribution in [-0.4, -0.2) is 67.5 Å². The normalized spacial score (nSPS) is 17.6. The first kappa shape index (κ1) is 24.6. The zero-order valence-corrected chi connectivity index (χ0v) is 20.1. The van der Waals surface area contributed by atoms with Gasteiger partial charge < -0.3 is 24.4 Å². The van der Waals surface area contributed by atoms with Crippen molar-refractivity contribution in [2.45, 2.75) is 19.4 Å². The lowest BCUT2D eigenvalue weighted by Gasteiger charge is -2.26. The SMILES string of the molecule is CCOc1ccc(/C(O)=C2\C(=O)C(=O)N(CCCN(C)C)[C@@H]2c2ccc(OC)cc2)cc1Cl. The van der Waals surface area contributed by atoms with Gasteiger partial charge in [0.05, 0.1) is 30.4 Å². The molecule has 0 saturated carbocycles. The van der Waals surface area contributed by atoms with E-state index >= 15 is 0 Å². The molecule has 0 aliphatic carbocycles. The number of benzene rings is 2. The highest BCUT2D eigenvalue weighted by Crippen LogP contribution is 2.40. The van der Waals surface area contributed by atoms with Crippen molar-refractivity contribution < 1.29 is 24.2 Å². The van der Waals surface area contributed by atoms with Gasteiger partial charge in [0, 0.05) is 12.1 Å². The summed E-state index contributed by atoms with van der Waals surface area (Å²) in [5.74, 6) is -0.487. The Hall–Kier alpha value is -3.03. The van der Waals surface area contributed by atoms with Crippen LogP contribution >= 0.6 is 11.6 Å². The molecule has 2 aromatic carbocycles. The van der Waals surface area contributed by atoms with Gasteiger partial charge in [-0.2, -0.15) is 0 Å². The molecule has 1 fully saturated rings. The second-order valence-electron chi connectivity index (χ2n) is 8.00. The quantitative estimate of drug-likeness (QED) is 0.336. The van der Waals surface area contributed by atoms with E-state index in [2.05, 4.69) is 0 Å². The van der Waals surface area contributed by atoms with Gasteiger partial charge in [0.2, 0.25) is 0 Å². The van der Waals surface area contributed by atoms with Crippen molar-refractivity contribution in [1.82, 2.24) is 9.80 Å². The molecule has 8 heteroatoms. The van der Waals surface area contributed by atoms with Crippen molar-refractivity contribution in [1.29, 1.82) is 0 Å². The lowest BCUT2D eigenvalue weighted by molar-refractivity contribution is -0.139. The second-order valence-corrected chi connectivity index (χ2v) is 8.41. The summed E-state index contributed by atoms with van der Waals surface area (Å²) in [6.07, 6.45) is 0.682. The van der Waals surface area contributed by atoms with Crippen molar-refractivity contribution in [3.8, 4) is 11.5 Å². The Kier molecular flexibility index (Phi) is 8.00. The standard InChI is InChI=1S/C25H29ClN2O5/c1-5-33-20-12-9-17(15-19(20)26)23(29)21-22(16-7-10-18(32-4)11-8-16)28(25(31)24(21)30)14-6-13-27(2)3/h7-12,15,22,29H,5-6,13-14H2,1-4H3/b23-21+/t22-/m1/s1. The summed E-state index contributed by atoms with van der Waals surface area (Å²) in [7, 11) is 5.47. The van der Waals surface area contributed by atoms with Gasteiger partial charge in [0.15, 0.2) is 0 Å². The van der Waals surface area contributed by atoms with Gasteiger partial charge in [0.1, 0.15) is 17.3 Å². The van der Waals surface area contributed by atoms with Crippen molar-refractivity contribution >= 4 is 29.1 Å². The van der Waals surface area contributed by atoms with Crippen LogP contribution in [0.15, 0.2) is 48.0 Å². The Bertz CT molecular complexity index is 1050. The number of amides is 1. The van der Waals surface area contributed by atoms with Gasteiger partial charge in [-0.25, -0.2) is 0 Å². The number of methoxy groups -OCH3 is 1. The predicted molar refractivity (Wildman–Crippen MR) is 128 cm³/mol. The van der Waals surface area contributed by atoms with Gasteiger partial charge >= 0.3 is 0 Å². The fourth-order valence-electron chi connectivity index (χ4n) is 3.88. The van der Waals surface area contributed by atoms with E-state index in [0.29, 0.717) is 47.2 Å². The Morgan fingerprint density at radius 1 is 1.15 bits per heavy atom.